The zero-order chi connectivity index (χ0) is 15.7. The van der Waals surface area contributed by atoms with Gasteiger partial charge in [0, 0.05) is 5.02 Å². The van der Waals surface area contributed by atoms with Crippen molar-refractivity contribution in [3.05, 3.63) is 45.5 Å². The lowest BCUT2D eigenvalue weighted by Crippen LogP contribution is -1.85. The number of rotatable bonds is 2. The van der Waals surface area contributed by atoms with Crippen LogP contribution in [0.3, 0.4) is 0 Å². The molecule has 0 aliphatic heterocycles. The van der Waals surface area contributed by atoms with E-state index in [1.807, 2.05) is 19.9 Å². The predicted molar refractivity (Wildman–Crippen MR) is 84.3 cm³/mol. The molecule has 0 spiro atoms. The maximum absolute atomic E-state index is 10.1. The van der Waals surface area contributed by atoms with E-state index in [2.05, 4.69) is 10.2 Å². The number of halogens is 1. The lowest BCUT2D eigenvalue weighted by atomic mass is 10.0. The molecule has 0 unspecified atom stereocenters. The molecular formula is C16H17ClN2O2. The third-order valence-corrected chi connectivity index (χ3v) is 3.90. The van der Waals surface area contributed by atoms with Crippen LogP contribution in [-0.4, -0.2) is 10.2 Å². The third kappa shape index (κ3) is 3.00. The first-order valence-corrected chi connectivity index (χ1v) is 6.89. The average molecular weight is 305 g/mol. The van der Waals surface area contributed by atoms with Gasteiger partial charge in [0.15, 0.2) is 0 Å². The van der Waals surface area contributed by atoms with Gasteiger partial charge in [0.2, 0.25) is 0 Å². The molecule has 0 saturated carbocycles. The highest BCUT2D eigenvalue weighted by Gasteiger charge is 2.11. The number of aryl methyl sites for hydroxylation is 3. The summed E-state index contributed by atoms with van der Waals surface area (Å²) in [6.45, 7) is 7.41. The average Bonchev–Trinajstić information content (AvgIpc) is 2.42. The van der Waals surface area contributed by atoms with Gasteiger partial charge in [-0.15, -0.1) is 10.2 Å². The van der Waals surface area contributed by atoms with Crippen molar-refractivity contribution in [2.45, 2.75) is 27.7 Å². The standard InChI is InChI=1S/C16H17ClN2O2/c1-8-5-10(3)16(21)15(11(8)4)19-18-13-7-12(17)9(2)6-14(13)20/h5-7,20-21H,1-4H3. The fraction of sp³-hybridized carbons (Fsp3) is 0.250. The molecule has 0 bridgehead atoms. The highest BCUT2D eigenvalue weighted by molar-refractivity contribution is 6.31. The topological polar surface area (TPSA) is 65.2 Å². The van der Waals surface area contributed by atoms with Crippen molar-refractivity contribution in [2.24, 2.45) is 10.2 Å². The Bertz CT molecular complexity index is 714. The molecule has 0 amide bonds. The van der Waals surface area contributed by atoms with Crippen molar-refractivity contribution < 1.29 is 10.2 Å². The normalized spacial score (nSPS) is 11.3. The molecule has 0 saturated heterocycles. The summed E-state index contributed by atoms with van der Waals surface area (Å²) >= 11 is 6.02. The minimum Gasteiger partial charge on any atom is -0.506 e. The van der Waals surface area contributed by atoms with E-state index in [4.69, 9.17) is 11.6 Å². The molecule has 2 aromatic rings. The number of benzene rings is 2. The maximum atomic E-state index is 10.1. The number of phenolic OH excluding ortho intramolecular Hbond substituents is 2. The summed E-state index contributed by atoms with van der Waals surface area (Å²) in [5, 5.41) is 28.6. The van der Waals surface area contributed by atoms with Crippen LogP contribution in [0.25, 0.3) is 0 Å². The molecule has 2 rings (SSSR count). The minimum atomic E-state index is 0.00201. The summed E-state index contributed by atoms with van der Waals surface area (Å²) in [7, 11) is 0. The molecule has 0 radical (unpaired) electrons. The van der Waals surface area contributed by atoms with Gasteiger partial charge in [-0.3, -0.25) is 0 Å². The fourth-order valence-corrected chi connectivity index (χ4v) is 2.17. The first-order valence-electron chi connectivity index (χ1n) is 6.52. The minimum absolute atomic E-state index is 0.00201. The molecular weight excluding hydrogens is 288 g/mol. The van der Waals surface area contributed by atoms with E-state index in [0.717, 1.165) is 22.3 Å². The number of phenols is 2. The molecule has 0 aliphatic carbocycles. The van der Waals surface area contributed by atoms with Crippen LogP contribution >= 0.6 is 11.6 Å². The fourth-order valence-electron chi connectivity index (χ4n) is 2.01. The molecule has 0 atom stereocenters. The Morgan fingerprint density at radius 2 is 1.52 bits per heavy atom. The van der Waals surface area contributed by atoms with Crippen LogP contribution in [0.15, 0.2) is 28.4 Å². The Morgan fingerprint density at radius 3 is 2.19 bits per heavy atom. The van der Waals surface area contributed by atoms with Crippen LogP contribution in [0.1, 0.15) is 22.3 Å². The smallest absolute Gasteiger partial charge is 0.146 e. The Morgan fingerprint density at radius 1 is 0.857 bits per heavy atom. The van der Waals surface area contributed by atoms with Gasteiger partial charge in [0.25, 0.3) is 0 Å². The van der Waals surface area contributed by atoms with Crippen molar-refractivity contribution >= 4 is 23.0 Å². The molecule has 0 fully saturated rings. The maximum Gasteiger partial charge on any atom is 0.146 e. The Labute approximate surface area is 128 Å². The van der Waals surface area contributed by atoms with Crippen molar-refractivity contribution in [2.75, 3.05) is 0 Å². The van der Waals surface area contributed by atoms with Gasteiger partial charge in [-0.2, -0.15) is 0 Å². The van der Waals surface area contributed by atoms with E-state index in [0.29, 0.717) is 10.7 Å². The van der Waals surface area contributed by atoms with Crippen molar-refractivity contribution in [1.29, 1.82) is 0 Å². The molecule has 4 nitrogen and oxygen atoms in total. The molecule has 0 aromatic heterocycles. The summed E-state index contributed by atoms with van der Waals surface area (Å²) in [5.74, 6) is 0.0988. The quantitative estimate of drug-likeness (QED) is 0.729. The first-order chi connectivity index (χ1) is 9.81. The first kappa shape index (κ1) is 15.3. The van der Waals surface area contributed by atoms with Crippen LogP contribution in [0, 0.1) is 27.7 Å². The van der Waals surface area contributed by atoms with Gasteiger partial charge in [0.1, 0.15) is 22.9 Å². The summed E-state index contributed by atoms with van der Waals surface area (Å²) in [4.78, 5) is 0. The molecule has 2 N–H and O–H groups in total. The molecule has 110 valence electrons. The number of hydrogen-bond acceptors (Lipinski definition) is 4. The summed E-state index contributed by atoms with van der Waals surface area (Å²) < 4.78 is 0. The second kappa shape index (κ2) is 5.74. The molecule has 5 heteroatoms. The number of nitrogens with zero attached hydrogens (tertiary/aromatic N) is 2. The van der Waals surface area contributed by atoms with E-state index in [9.17, 15) is 10.2 Å². The SMILES string of the molecule is Cc1cc(O)c(N=Nc2c(C)c(C)cc(C)c2O)cc1Cl. The van der Waals surface area contributed by atoms with E-state index in [1.165, 1.54) is 6.07 Å². The van der Waals surface area contributed by atoms with Gasteiger partial charge in [-0.1, -0.05) is 17.7 Å². The van der Waals surface area contributed by atoms with Crippen molar-refractivity contribution in [3.63, 3.8) is 0 Å². The number of hydrogen-bond donors (Lipinski definition) is 2. The van der Waals surface area contributed by atoms with Crippen molar-refractivity contribution in [1.82, 2.24) is 0 Å². The highest BCUT2D eigenvalue weighted by Crippen LogP contribution is 2.38. The summed E-state index contributed by atoms with van der Waals surface area (Å²) in [6, 6.07) is 4.97. The van der Waals surface area contributed by atoms with Crippen molar-refractivity contribution in [3.8, 4) is 11.5 Å². The second-order valence-corrected chi connectivity index (χ2v) is 5.53. The lowest BCUT2D eigenvalue weighted by Gasteiger charge is -2.09. The molecule has 21 heavy (non-hydrogen) atoms. The largest absolute Gasteiger partial charge is 0.506 e. The Balaban J connectivity index is 2.50. The van der Waals surface area contributed by atoms with E-state index < -0.39 is 0 Å². The number of aromatic hydroxyl groups is 2. The van der Waals surface area contributed by atoms with Gasteiger partial charge < -0.3 is 10.2 Å². The molecule has 0 aliphatic rings. The van der Waals surface area contributed by atoms with E-state index in [1.54, 1.807) is 19.9 Å². The van der Waals surface area contributed by atoms with Gasteiger partial charge in [0.05, 0.1) is 0 Å². The van der Waals surface area contributed by atoms with Crippen LogP contribution in [-0.2, 0) is 0 Å². The zero-order valence-electron chi connectivity index (χ0n) is 12.4. The van der Waals surface area contributed by atoms with Gasteiger partial charge in [-0.25, -0.2) is 0 Å². The number of azo groups is 1. The monoisotopic (exact) mass is 304 g/mol. The van der Waals surface area contributed by atoms with Crippen LogP contribution < -0.4 is 0 Å². The van der Waals surface area contributed by atoms with Crippen LogP contribution in [0.2, 0.25) is 5.02 Å². The van der Waals surface area contributed by atoms with E-state index in [-0.39, 0.29) is 17.2 Å². The zero-order valence-corrected chi connectivity index (χ0v) is 13.2. The highest BCUT2D eigenvalue weighted by atomic mass is 35.5. The Hall–Kier alpha value is -2.07. The van der Waals surface area contributed by atoms with Gasteiger partial charge in [-0.05, 0) is 62.1 Å². The summed E-state index contributed by atoms with van der Waals surface area (Å²) in [6.07, 6.45) is 0. The Kier molecular flexibility index (Phi) is 4.19. The van der Waals surface area contributed by atoms with Crippen LogP contribution in [0.5, 0.6) is 11.5 Å². The molecule has 0 heterocycles. The van der Waals surface area contributed by atoms with E-state index >= 15 is 0 Å². The summed E-state index contributed by atoms with van der Waals surface area (Å²) in [5.41, 5.74) is 4.04. The van der Waals surface area contributed by atoms with Crippen LogP contribution in [0.4, 0.5) is 11.4 Å². The third-order valence-electron chi connectivity index (χ3n) is 3.49. The lowest BCUT2D eigenvalue weighted by molar-refractivity contribution is 0.470. The van der Waals surface area contributed by atoms with Gasteiger partial charge >= 0.3 is 0 Å². The molecule has 2 aromatic carbocycles. The second-order valence-electron chi connectivity index (χ2n) is 5.12. The predicted octanol–water partition coefficient (Wildman–Crippen LogP) is 5.40.